The second-order valence-corrected chi connectivity index (χ2v) is 5.97. The van der Waals surface area contributed by atoms with Crippen molar-refractivity contribution in [1.29, 1.82) is 0 Å². The zero-order valence-corrected chi connectivity index (χ0v) is 12.5. The molecule has 2 aliphatic heterocycles. The summed E-state index contributed by atoms with van der Waals surface area (Å²) in [6.07, 6.45) is 4.65. The maximum atomic E-state index is 12.4. The summed E-state index contributed by atoms with van der Waals surface area (Å²) in [5, 5.41) is 3.62. The van der Waals surface area contributed by atoms with Gasteiger partial charge in [-0.25, -0.2) is 0 Å². The van der Waals surface area contributed by atoms with E-state index in [1.807, 2.05) is 42.2 Å². The lowest BCUT2D eigenvalue weighted by Gasteiger charge is -2.36. The molecule has 0 aromatic heterocycles. The van der Waals surface area contributed by atoms with E-state index in [0.29, 0.717) is 18.1 Å². The van der Waals surface area contributed by atoms with Gasteiger partial charge in [-0.3, -0.25) is 4.79 Å². The average Bonchev–Trinajstić information content (AvgIpc) is 2.85. The Hall–Kier alpha value is -1.79. The van der Waals surface area contributed by atoms with Crippen LogP contribution in [0.5, 0.6) is 0 Å². The fourth-order valence-electron chi connectivity index (χ4n) is 3.57. The first kappa shape index (κ1) is 14.2. The lowest BCUT2D eigenvalue weighted by molar-refractivity contribution is -0.127. The van der Waals surface area contributed by atoms with Crippen molar-refractivity contribution in [2.75, 3.05) is 6.54 Å². The van der Waals surface area contributed by atoms with E-state index in [2.05, 4.69) is 17.2 Å². The standard InChI is InChI=1S/C18H22N2O/c1-2-20(17-12-15-9-10-16(13-17)19-15)18(21)11-8-14-6-4-3-5-7-14/h3-7,15-17,19H,2,9-10,12-13H2,1H3. The largest absolute Gasteiger partial charge is 0.329 e. The molecule has 2 atom stereocenters. The first-order valence-electron chi connectivity index (χ1n) is 7.90. The van der Waals surface area contributed by atoms with Gasteiger partial charge in [0.15, 0.2) is 0 Å². The molecular weight excluding hydrogens is 260 g/mol. The number of benzene rings is 1. The fraction of sp³-hybridized carbons (Fsp3) is 0.500. The summed E-state index contributed by atoms with van der Waals surface area (Å²) in [5.74, 6) is 5.76. The highest BCUT2D eigenvalue weighted by molar-refractivity contribution is 5.94. The molecular formula is C18H22N2O. The smallest absolute Gasteiger partial charge is 0.299 e. The molecule has 2 heterocycles. The molecule has 1 aromatic carbocycles. The number of hydrogen-bond acceptors (Lipinski definition) is 2. The lowest BCUT2D eigenvalue weighted by Crippen LogP contribution is -2.49. The van der Waals surface area contributed by atoms with Gasteiger partial charge in [0.05, 0.1) is 0 Å². The second-order valence-electron chi connectivity index (χ2n) is 5.97. The second kappa shape index (κ2) is 6.32. The molecule has 2 saturated heterocycles. The van der Waals surface area contributed by atoms with Gasteiger partial charge < -0.3 is 10.2 Å². The minimum Gasteiger partial charge on any atom is -0.329 e. The van der Waals surface area contributed by atoms with Crippen LogP contribution in [0.2, 0.25) is 0 Å². The van der Waals surface area contributed by atoms with E-state index in [-0.39, 0.29) is 5.91 Å². The molecule has 0 spiro atoms. The Bertz CT molecular complexity index is 546. The Kier molecular flexibility index (Phi) is 4.26. The van der Waals surface area contributed by atoms with Gasteiger partial charge in [0.25, 0.3) is 5.91 Å². The van der Waals surface area contributed by atoms with Crippen molar-refractivity contribution in [3.8, 4) is 11.8 Å². The normalized spacial score (nSPS) is 26.8. The molecule has 21 heavy (non-hydrogen) atoms. The number of nitrogens with zero attached hydrogens (tertiary/aromatic N) is 1. The highest BCUT2D eigenvalue weighted by Crippen LogP contribution is 2.29. The third-order valence-electron chi connectivity index (χ3n) is 4.58. The number of nitrogens with one attached hydrogen (secondary N) is 1. The molecule has 3 nitrogen and oxygen atoms in total. The number of hydrogen-bond donors (Lipinski definition) is 1. The first-order valence-corrected chi connectivity index (χ1v) is 7.90. The Morgan fingerprint density at radius 3 is 2.52 bits per heavy atom. The van der Waals surface area contributed by atoms with Crippen LogP contribution in [0.4, 0.5) is 0 Å². The molecule has 2 unspecified atom stereocenters. The molecule has 1 amide bonds. The Morgan fingerprint density at radius 1 is 1.24 bits per heavy atom. The van der Waals surface area contributed by atoms with Crippen LogP contribution >= 0.6 is 0 Å². The summed E-state index contributed by atoms with van der Waals surface area (Å²) in [5.41, 5.74) is 0.896. The van der Waals surface area contributed by atoms with Crippen LogP contribution in [0.25, 0.3) is 0 Å². The van der Waals surface area contributed by atoms with E-state index in [1.54, 1.807) is 0 Å². The minimum absolute atomic E-state index is 0.0346. The average molecular weight is 282 g/mol. The molecule has 1 aromatic rings. The highest BCUT2D eigenvalue weighted by atomic mass is 16.2. The monoisotopic (exact) mass is 282 g/mol. The highest BCUT2D eigenvalue weighted by Gasteiger charge is 2.36. The predicted octanol–water partition coefficient (Wildman–Crippen LogP) is 2.17. The molecule has 0 radical (unpaired) electrons. The Balaban J connectivity index is 1.68. The van der Waals surface area contributed by atoms with Gasteiger partial charge in [0.1, 0.15) is 0 Å². The number of carbonyl (C=O) groups excluding carboxylic acids is 1. The van der Waals surface area contributed by atoms with Crippen molar-refractivity contribution < 1.29 is 4.79 Å². The van der Waals surface area contributed by atoms with Gasteiger partial charge in [0.2, 0.25) is 0 Å². The van der Waals surface area contributed by atoms with Crippen LogP contribution in [-0.2, 0) is 4.79 Å². The molecule has 2 fully saturated rings. The van der Waals surface area contributed by atoms with E-state index in [1.165, 1.54) is 12.8 Å². The summed E-state index contributed by atoms with van der Waals surface area (Å²) in [4.78, 5) is 14.4. The molecule has 0 aliphatic carbocycles. The Morgan fingerprint density at radius 2 is 1.90 bits per heavy atom. The van der Waals surface area contributed by atoms with Crippen molar-refractivity contribution in [2.24, 2.45) is 0 Å². The van der Waals surface area contributed by atoms with Gasteiger partial charge in [-0.2, -0.15) is 0 Å². The summed E-state index contributed by atoms with van der Waals surface area (Å²) in [7, 11) is 0. The molecule has 0 saturated carbocycles. The summed E-state index contributed by atoms with van der Waals surface area (Å²) in [6, 6.07) is 11.2. The van der Waals surface area contributed by atoms with E-state index < -0.39 is 0 Å². The topological polar surface area (TPSA) is 32.3 Å². The zero-order chi connectivity index (χ0) is 14.7. The number of rotatable bonds is 2. The van der Waals surface area contributed by atoms with E-state index in [9.17, 15) is 4.79 Å². The number of carbonyl (C=O) groups is 1. The lowest BCUT2D eigenvalue weighted by atomic mass is 9.98. The van der Waals surface area contributed by atoms with Crippen molar-refractivity contribution in [3.05, 3.63) is 35.9 Å². The third-order valence-corrected chi connectivity index (χ3v) is 4.58. The number of piperidine rings is 1. The zero-order valence-electron chi connectivity index (χ0n) is 12.5. The van der Waals surface area contributed by atoms with Crippen LogP contribution in [0.3, 0.4) is 0 Å². The van der Waals surface area contributed by atoms with Crippen molar-refractivity contribution >= 4 is 5.91 Å². The van der Waals surface area contributed by atoms with E-state index in [4.69, 9.17) is 0 Å². The third kappa shape index (κ3) is 3.28. The van der Waals surface area contributed by atoms with Gasteiger partial charge in [-0.05, 0) is 44.7 Å². The SMILES string of the molecule is CCN(C(=O)C#Cc1ccccc1)C1CC2CCC(C1)N2. The van der Waals surface area contributed by atoms with Gasteiger partial charge >= 0.3 is 0 Å². The van der Waals surface area contributed by atoms with Gasteiger partial charge in [-0.15, -0.1) is 0 Å². The van der Waals surface area contributed by atoms with Gasteiger partial charge in [0, 0.05) is 36.2 Å². The van der Waals surface area contributed by atoms with E-state index >= 15 is 0 Å². The van der Waals surface area contributed by atoms with Crippen LogP contribution in [0, 0.1) is 11.8 Å². The number of amides is 1. The molecule has 2 aliphatic rings. The Labute approximate surface area is 126 Å². The van der Waals surface area contributed by atoms with Crippen LogP contribution in [-0.4, -0.2) is 35.5 Å². The van der Waals surface area contributed by atoms with Crippen LogP contribution < -0.4 is 5.32 Å². The maximum Gasteiger partial charge on any atom is 0.299 e. The molecule has 110 valence electrons. The summed E-state index contributed by atoms with van der Waals surface area (Å²) < 4.78 is 0. The molecule has 3 rings (SSSR count). The van der Waals surface area contributed by atoms with Crippen LogP contribution in [0.1, 0.15) is 38.2 Å². The molecule has 3 heteroatoms. The molecule has 1 N–H and O–H groups in total. The fourth-order valence-corrected chi connectivity index (χ4v) is 3.57. The van der Waals surface area contributed by atoms with Crippen molar-refractivity contribution in [1.82, 2.24) is 10.2 Å². The first-order chi connectivity index (χ1) is 10.3. The van der Waals surface area contributed by atoms with Crippen molar-refractivity contribution in [3.63, 3.8) is 0 Å². The summed E-state index contributed by atoms with van der Waals surface area (Å²) >= 11 is 0. The number of fused-ring (bicyclic) bond motifs is 2. The van der Waals surface area contributed by atoms with Gasteiger partial charge in [-0.1, -0.05) is 24.1 Å². The summed E-state index contributed by atoms with van der Waals surface area (Å²) in [6.45, 7) is 2.79. The van der Waals surface area contributed by atoms with Crippen LogP contribution in [0.15, 0.2) is 30.3 Å². The van der Waals surface area contributed by atoms with Crippen molar-refractivity contribution in [2.45, 2.75) is 50.7 Å². The quantitative estimate of drug-likeness (QED) is 0.843. The predicted molar refractivity (Wildman–Crippen MR) is 83.7 cm³/mol. The minimum atomic E-state index is -0.0346. The molecule has 2 bridgehead atoms. The van der Waals surface area contributed by atoms with E-state index in [0.717, 1.165) is 24.9 Å². The maximum absolute atomic E-state index is 12.4.